The molecule has 6 heteroatoms. The molecule has 1 aromatic heterocycles. The summed E-state index contributed by atoms with van der Waals surface area (Å²) in [4.78, 5) is 16.8. The third-order valence-corrected chi connectivity index (χ3v) is 4.89. The zero-order valence-electron chi connectivity index (χ0n) is 15.5. The molecule has 0 unspecified atom stereocenters. The molecule has 0 spiro atoms. The van der Waals surface area contributed by atoms with Crippen molar-refractivity contribution in [1.82, 2.24) is 10.1 Å². The predicted octanol–water partition coefficient (Wildman–Crippen LogP) is 4.23. The molecule has 2 aromatic rings. The third-order valence-electron chi connectivity index (χ3n) is 4.89. The summed E-state index contributed by atoms with van der Waals surface area (Å²) in [6, 6.07) is 7.89. The van der Waals surface area contributed by atoms with Crippen molar-refractivity contribution in [3.63, 3.8) is 0 Å². The van der Waals surface area contributed by atoms with Crippen LogP contribution in [0.1, 0.15) is 73.6 Å². The molecular formula is C20H28ClN3O2. The molecule has 1 heterocycles. The molecular weight excluding hydrogens is 350 g/mol. The van der Waals surface area contributed by atoms with Crippen LogP contribution in [-0.2, 0) is 18.4 Å². The van der Waals surface area contributed by atoms with E-state index in [1.54, 1.807) is 0 Å². The molecule has 1 aliphatic carbocycles. The fourth-order valence-corrected chi connectivity index (χ4v) is 3.45. The van der Waals surface area contributed by atoms with Gasteiger partial charge in [-0.25, -0.2) is 0 Å². The Hall–Kier alpha value is -1.72. The summed E-state index contributed by atoms with van der Waals surface area (Å²) >= 11 is 0. The molecule has 1 saturated carbocycles. The number of aromatic nitrogens is 2. The Balaban J connectivity index is 0.00000243. The zero-order chi connectivity index (χ0) is 17.9. The van der Waals surface area contributed by atoms with Crippen LogP contribution in [0, 0.1) is 5.92 Å². The molecule has 2 N–H and O–H groups in total. The summed E-state index contributed by atoms with van der Waals surface area (Å²) in [6.07, 6.45) is 5.84. The van der Waals surface area contributed by atoms with Gasteiger partial charge >= 0.3 is 0 Å². The van der Waals surface area contributed by atoms with Gasteiger partial charge < -0.3 is 10.3 Å². The smallest absolute Gasteiger partial charge is 0.227 e. The molecule has 1 aromatic carbocycles. The maximum Gasteiger partial charge on any atom is 0.227 e. The predicted molar refractivity (Wildman–Crippen MR) is 104 cm³/mol. The van der Waals surface area contributed by atoms with E-state index in [0.29, 0.717) is 30.5 Å². The average Bonchev–Trinajstić information content (AvgIpc) is 3.23. The number of rotatable bonds is 7. The number of hydrogen-bond donors (Lipinski definition) is 1. The Bertz CT molecular complexity index is 719. The van der Waals surface area contributed by atoms with Crippen molar-refractivity contribution in [3.05, 3.63) is 47.1 Å². The lowest BCUT2D eigenvalue weighted by atomic mass is 9.98. The number of halogens is 1. The monoisotopic (exact) mass is 377 g/mol. The number of nitrogens with zero attached hydrogens (tertiary/aromatic N) is 2. The molecule has 0 bridgehead atoms. The summed E-state index contributed by atoms with van der Waals surface area (Å²) in [5, 5.41) is 4.04. The molecule has 0 atom stereocenters. The minimum absolute atomic E-state index is 0. The first-order valence-corrected chi connectivity index (χ1v) is 9.20. The average molecular weight is 378 g/mol. The first-order valence-electron chi connectivity index (χ1n) is 9.20. The van der Waals surface area contributed by atoms with E-state index in [1.165, 1.54) is 5.56 Å². The van der Waals surface area contributed by atoms with Crippen LogP contribution < -0.4 is 5.73 Å². The van der Waals surface area contributed by atoms with Crippen LogP contribution in [0.25, 0.3) is 0 Å². The van der Waals surface area contributed by atoms with Gasteiger partial charge in [0, 0.05) is 18.4 Å². The first-order chi connectivity index (χ1) is 12.0. The van der Waals surface area contributed by atoms with Crippen molar-refractivity contribution in [3.8, 4) is 0 Å². The van der Waals surface area contributed by atoms with Gasteiger partial charge in [0.2, 0.25) is 5.89 Å². The molecule has 3 rings (SSSR count). The van der Waals surface area contributed by atoms with Crippen molar-refractivity contribution in [2.75, 3.05) is 0 Å². The minimum atomic E-state index is -0.446. The van der Waals surface area contributed by atoms with Crippen LogP contribution in [0.15, 0.2) is 28.8 Å². The van der Waals surface area contributed by atoms with E-state index in [1.807, 2.05) is 24.3 Å². The van der Waals surface area contributed by atoms with Crippen molar-refractivity contribution in [2.24, 2.45) is 11.7 Å². The van der Waals surface area contributed by atoms with E-state index in [0.717, 1.165) is 37.7 Å². The Morgan fingerprint density at radius 3 is 2.50 bits per heavy atom. The van der Waals surface area contributed by atoms with Gasteiger partial charge in [0.1, 0.15) is 0 Å². The van der Waals surface area contributed by atoms with Crippen molar-refractivity contribution in [1.29, 1.82) is 0 Å². The maximum atomic E-state index is 12.4. The topological polar surface area (TPSA) is 82.0 Å². The molecule has 142 valence electrons. The van der Waals surface area contributed by atoms with E-state index in [9.17, 15) is 4.79 Å². The van der Waals surface area contributed by atoms with E-state index in [2.05, 4.69) is 24.0 Å². The highest BCUT2D eigenvalue weighted by molar-refractivity contribution is 5.96. The number of benzene rings is 1. The summed E-state index contributed by atoms with van der Waals surface area (Å²) in [7, 11) is 0. The van der Waals surface area contributed by atoms with Crippen LogP contribution in [-0.4, -0.2) is 15.9 Å². The Labute approximate surface area is 161 Å². The highest BCUT2D eigenvalue weighted by atomic mass is 35.5. The molecule has 0 saturated heterocycles. The number of ketones is 1. The molecule has 26 heavy (non-hydrogen) atoms. The summed E-state index contributed by atoms with van der Waals surface area (Å²) in [5.74, 6) is 1.79. The second kappa shape index (κ2) is 8.78. The second-order valence-electron chi connectivity index (χ2n) is 7.59. The SMILES string of the molecule is CC(C)Cc1ccc(C(=O)CCc2nc(C3(N)CCCC3)no2)cc1.Cl. The van der Waals surface area contributed by atoms with Gasteiger partial charge in [-0.05, 0) is 30.7 Å². The fourth-order valence-electron chi connectivity index (χ4n) is 3.45. The van der Waals surface area contributed by atoms with E-state index in [4.69, 9.17) is 10.3 Å². The third kappa shape index (κ3) is 4.92. The summed E-state index contributed by atoms with van der Waals surface area (Å²) in [6.45, 7) is 4.38. The fraction of sp³-hybridized carbons (Fsp3) is 0.550. The van der Waals surface area contributed by atoms with Gasteiger partial charge in [-0.3, -0.25) is 4.79 Å². The molecule has 1 fully saturated rings. The van der Waals surface area contributed by atoms with Gasteiger partial charge in [0.15, 0.2) is 11.6 Å². The standard InChI is InChI=1S/C20H27N3O2.ClH/c1-14(2)13-15-5-7-16(8-6-15)17(24)9-10-18-22-19(23-25-18)20(21)11-3-4-12-20;/h5-8,14H,3-4,9-13,21H2,1-2H3;1H. The molecule has 1 aliphatic rings. The first kappa shape index (κ1) is 20.6. The second-order valence-corrected chi connectivity index (χ2v) is 7.59. The van der Waals surface area contributed by atoms with E-state index >= 15 is 0 Å². The van der Waals surface area contributed by atoms with Crippen molar-refractivity contribution in [2.45, 2.75) is 64.3 Å². The normalized spacial score (nSPS) is 15.8. The van der Waals surface area contributed by atoms with Gasteiger partial charge in [-0.1, -0.05) is 56.1 Å². The van der Waals surface area contributed by atoms with Crippen LogP contribution in [0.4, 0.5) is 0 Å². The lowest BCUT2D eigenvalue weighted by Gasteiger charge is -2.17. The number of hydrogen-bond acceptors (Lipinski definition) is 5. The van der Waals surface area contributed by atoms with Crippen LogP contribution >= 0.6 is 12.4 Å². The Morgan fingerprint density at radius 2 is 1.88 bits per heavy atom. The lowest BCUT2D eigenvalue weighted by Crippen LogP contribution is -2.34. The highest BCUT2D eigenvalue weighted by Gasteiger charge is 2.35. The lowest BCUT2D eigenvalue weighted by molar-refractivity contribution is 0.0979. The highest BCUT2D eigenvalue weighted by Crippen LogP contribution is 2.34. The molecule has 0 amide bonds. The van der Waals surface area contributed by atoms with E-state index < -0.39 is 5.54 Å². The largest absolute Gasteiger partial charge is 0.339 e. The van der Waals surface area contributed by atoms with Crippen LogP contribution in [0.3, 0.4) is 0 Å². The molecule has 0 aliphatic heterocycles. The summed E-state index contributed by atoms with van der Waals surface area (Å²) in [5.41, 5.74) is 7.89. The van der Waals surface area contributed by atoms with Crippen LogP contribution in [0.5, 0.6) is 0 Å². The van der Waals surface area contributed by atoms with Crippen molar-refractivity contribution < 1.29 is 9.32 Å². The summed E-state index contributed by atoms with van der Waals surface area (Å²) < 4.78 is 5.30. The number of nitrogens with two attached hydrogens (primary N) is 1. The quantitative estimate of drug-likeness (QED) is 0.730. The Morgan fingerprint density at radius 1 is 1.23 bits per heavy atom. The molecule has 5 nitrogen and oxygen atoms in total. The number of carbonyl (C=O) groups is 1. The van der Waals surface area contributed by atoms with Crippen molar-refractivity contribution >= 4 is 18.2 Å². The van der Waals surface area contributed by atoms with E-state index in [-0.39, 0.29) is 18.2 Å². The molecule has 0 radical (unpaired) electrons. The van der Waals surface area contributed by atoms with Gasteiger partial charge in [0.25, 0.3) is 0 Å². The van der Waals surface area contributed by atoms with Gasteiger partial charge in [-0.15, -0.1) is 12.4 Å². The van der Waals surface area contributed by atoms with Gasteiger partial charge in [0.05, 0.1) is 5.54 Å². The number of aryl methyl sites for hydroxylation is 1. The minimum Gasteiger partial charge on any atom is -0.339 e. The Kier molecular flexibility index (Phi) is 6.95. The van der Waals surface area contributed by atoms with Crippen LogP contribution in [0.2, 0.25) is 0 Å². The number of carbonyl (C=O) groups excluding carboxylic acids is 1. The zero-order valence-corrected chi connectivity index (χ0v) is 16.3. The number of Topliss-reactive ketones (excluding diaryl/α,β-unsaturated/α-hetero) is 1. The van der Waals surface area contributed by atoms with Gasteiger partial charge in [-0.2, -0.15) is 4.98 Å². The maximum absolute atomic E-state index is 12.4.